The standard InChI is InChI=1S/C4H8F2OS2/c5-4(6)7-9-3-1-2-8/h4,8H,1-3H2. The van der Waals surface area contributed by atoms with Gasteiger partial charge in [0.15, 0.2) is 0 Å². The van der Waals surface area contributed by atoms with Crippen LogP contribution in [0.3, 0.4) is 0 Å². The summed E-state index contributed by atoms with van der Waals surface area (Å²) in [4.78, 5) is 0. The lowest BCUT2D eigenvalue weighted by atomic mass is 10.6. The zero-order valence-corrected chi connectivity index (χ0v) is 6.43. The predicted molar refractivity (Wildman–Crippen MR) is 38.0 cm³/mol. The monoisotopic (exact) mass is 174 g/mol. The van der Waals surface area contributed by atoms with Crippen LogP contribution in [0.4, 0.5) is 8.78 Å². The molecule has 0 saturated heterocycles. The van der Waals surface area contributed by atoms with Crippen LogP contribution in [0.5, 0.6) is 0 Å². The van der Waals surface area contributed by atoms with Crippen molar-refractivity contribution in [2.75, 3.05) is 11.5 Å². The van der Waals surface area contributed by atoms with Crippen LogP contribution in [0.2, 0.25) is 0 Å². The first-order valence-electron chi connectivity index (χ1n) is 2.44. The van der Waals surface area contributed by atoms with Crippen LogP contribution in [-0.4, -0.2) is 18.1 Å². The van der Waals surface area contributed by atoms with Crippen LogP contribution in [0.25, 0.3) is 0 Å². The normalized spacial score (nSPS) is 10.7. The summed E-state index contributed by atoms with van der Waals surface area (Å²) in [5.41, 5.74) is 0. The number of hydrogen-bond donors (Lipinski definition) is 1. The molecule has 0 aromatic heterocycles. The Bertz CT molecular complexity index is 62.5. The summed E-state index contributed by atoms with van der Waals surface area (Å²) in [6, 6.07) is 0. The molecular weight excluding hydrogens is 166 g/mol. The minimum atomic E-state index is -2.66. The van der Waals surface area contributed by atoms with Crippen LogP contribution in [0, 0.1) is 0 Å². The fourth-order valence-electron chi connectivity index (χ4n) is 0.223. The largest absolute Gasteiger partial charge is 0.355 e. The fraction of sp³-hybridized carbons (Fsp3) is 1.00. The molecule has 0 rings (SSSR count). The van der Waals surface area contributed by atoms with Crippen molar-refractivity contribution in [1.29, 1.82) is 0 Å². The van der Waals surface area contributed by atoms with Crippen molar-refractivity contribution in [3.8, 4) is 0 Å². The summed E-state index contributed by atoms with van der Waals surface area (Å²) >= 11 is 4.68. The summed E-state index contributed by atoms with van der Waals surface area (Å²) in [6.45, 7) is -2.66. The SMILES string of the molecule is FC(F)OSCCCS. The topological polar surface area (TPSA) is 9.23 Å². The third-order valence-corrected chi connectivity index (χ3v) is 1.58. The molecule has 0 heterocycles. The van der Waals surface area contributed by atoms with Crippen LogP contribution in [-0.2, 0) is 4.18 Å². The van der Waals surface area contributed by atoms with Gasteiger partial charge in [-0.1, -0.05) is 0 Å². The first kappa shape index (κ1) is 9.52. The molecule has 5 heteroatoms. The first-order valence-corrected chi connectivity index (χ1v) is 3.99. The maximum Gasteiger partial charge on any atom is 0.355 e. The van der Waals surface area contributed by atoms with Crippen molar-refractivity contribution in [1.82, 2.24) is 0 Å². The van der Waals surface area contributed by atoms with E-state index in [0.717, 1.165) is 18.5 Å². The van der Waals surface area contributed by atoms with E-state index in [1.807, 2.05) is 0 Å². The first-order chi connectivity index (χ1) is 4.27. The van der Waals surface area contributed by atoms with E-state index in [4.69, 9.17) is 0 Å². The maximum absolute atomic E-state index is 11.2. The molecule has 0 N–H and O–H groups in total. The van der Waals surface area contributed by atoms with Gasteiger partial charge >= 0.3 is 6.61 Å². The Labute approximate surface area is 62.8 Å². The molecule has 0 aromatic rings. The van der Waals surface area contributed by atoms with Crippen LogP contribution < -0.4 is 0 Å². The smallest absolute Gasteiger partial charge is 0.251 e. The Hall–Kier alpha value is 0.520. The average molecular weight is 174 g/mol. The van der Waals surface area contributed by atoms with Crippen molar-refractivity contribution in [3.63, 3.8) is 0 Å². The van der Waals surface area contributed by atoms with Gasteiger partial charge in [-0.15, -0.1) is 0 Å². The van der Waals surface area contributed by atoms with Crippen LogP contribution in [0.15, 0.2) is 0 Å². The van der Waals surface area contributed by atoms with E-state index in [1.54, 1.807) is 0 Å². The van der Waals surface area contributed by atoms with Gasteiger partial charge in [-0.3, -0.25) is 4.18 Å². The molecule has 0 aliphatic heterocycles. The lowest BCUT2D eigenvalue weighted by Crippen LogP contribution is -1.91. The molecular formula is C4H8F2OS2. The Morgan fingerprint density at radius 2 is 2.22 bits per heavy atom. The zero-order valence-electron chi connectivity index (χ0n) is 4.72. The number of rotatable bonds is 5. The molecule has 0 unspecified atom stereocenters. The van der Waals surface area contributed by atoms with E-state index >= 15 is 0 Å². The summed E-state index contributed by atoms with van der Waals surface area (Å²) in [5.74, 6) is 1.29. The Morgan fingerprint density at radius 1 is 1.56 bits per heavy atom. The molecule has 56 valence electrons. The highest BCUT2D eigenvalue weighted by molar-refractivity contribution is 7.94. The maximum atomic E-state index is 11.2. The highest BCUT2D eigenvalue weighted by Gasteiger charge is 2.00. The second kappa shape index (κ2) is 6.64. The van der Waals surface area contributed by atoms with Gasteiger partial charge in [0.25, 0.3) is 0 Å². The molecule has 0 aliphatic rings. The second-order valence-corrected chi connectivity index (χ2v) is 2.54. The number of hydrogen-bond acceptors (Lipinski definition) is 3. The highest BCUT2D eigenvalue weighted by Crippen LogP contribution is 2.10. The third-order valence-electron chi connectivity index (χ3n) is 0.527. The summed E-state index contributed by atoms with van der Waals surface area (Å²) in [5, 5.41) is 0. The Kier molecular flexibility index (Phi) is 7.02. The van der Waals surface area contributed by atoms with Crippen molar-refractivity contribution < 1.29 is 13.0 Å². The van der Waals surface area contributed by atoms with Crippen LogP contribution in [0.1, 0.15) is 6.42 Å². The van der Waals surface area contributed by atoms with E-state index in [1.165, 1.54) is 0 Å². The zero-order chi connectivity index (χ0) is 7.11. The fourth-order valence-corrected chi connectivity index (χ4v) is 1.06. The molecule has 0 aromatic carbocycles. The Balaban J connectivity index is 2.75. The highest BCUT2D eigenvalue weighted by atomic mass is 32.2. The summed E-state index contributed by atoms with van der Waals surface area (Å²) in [6.07, 6.45) is 0.792. The van der Waals surface area contributed by atoms with Gasteiger partial charge < -0.3 is 0 Å². The van der Waals surface area contributed by atoms with E-state index in [0.29, 0.717) is 11.5 Å². The lowest BCUT2D eigenvalue weighted by molar-refractivity contribution is -0.0345. The quantitative estimate of drug-likeness (QED) is 0.388. The molecule has 0 radical (unpaired) electrons. The third kappa shape index (κ3) is 8.52. The molecule has 0 fully saturated rings. The van der Waals surface area contributed by atoms with E-state index in [2.05, 4.69) is 16.8 Å². The second-order valence-electron chi connectivity index (χ2n) is 1.26. The van der Waals surface area contributed by atoms with Crippen molar-refractivity contribution in [3.05, 3.63) is 0 Å². The van der Waals surface area contributed by atoms with Gasteiger partial charge in [0, 0.05) is 5.75 Å². The van der Waals surface area contributed by atoms with Gasteiger partial charge in [-0.05, 0) is 24.2 Å². The average Bonchev–Trinajstić information content (AvgIpc) is 1.80. The molecule has 0 bridgehead atoms. The molecule has 0 amide bonds. The van der Waals surface area contributed by atoms with Crippen LogP contribution >= 0.6 is 24.7 Å². The van der Waals surface area contributed by atoms with Crippen molar-refractivity contribution in [2.45, 2.75) is 13.0 Å². The summed E-state index contributed by atoms with van der Waals surface area (Å²) in [7, 11) is 0. The van der Waals surface area contributed by atoms with E-state index in [-0.39, 0.29) is 0 Å². The van der Waals surface area contributed by atoms with E-state index in [9.17, 15) is 8.78 Å². The van der Waals surface area contributed by atoms with Crippen molar-refractivity contribution >= 4 is 24.7 Å². The summed E-state index contributed by atoms with van der Waals surface area (Å²) < 4.78 is 26.3. The van der Waals surface area contributed by atoms with Gasteiger partial charge in [0.05, 0.1) is 0 Å². The Morgan fingerprint density at radius 3 is 2.67 bits per heavy atom. The molecule has 1 nitrogen and oxygen atoms in total. The predicted octanol–water partition coefficient (Wildman–Crippen LogP) is 2.19. The number of thiol groups is 1. The van der Waals surface area contributed by atoms with Crippen molar-refractivity contribution in [2.24, 2.45) is 0 Å². The molecule has 0 saturated carbocycles. The van der Waals surface area contributed by atoms with Gasteiger partial charge in [-0.25, -0.2) is 0 Å². The minimum Gasteiger partial charge on any atom is -0.251 e. The number of halogens is 2. The molecule has 9 heavy (non-hydrogen) atoms. The van der Waals surface area contributed by atoms with Gasteiger partial charge in [0.2, 0.25) is 0 Å². The molecule has 0 aliphatic carbocycles. The van der Waals surface area contributed by atoms with E-state index < -0.39 is 6.61 Å². The van der Waals surface area contributed by atoms with Gasteiger partial charge in [0.1, 0.15) is 0 Å². The number of alkyl halides is 2. The van der Waals surface area contributed by atoms with Gasteiger partial charge in [-0.2, -0.15) is 21.4 Å². The lowest BCUT2D eigenvalue weighted by Gasteiger charge is -1.97. The molecule has 0 atom stereocenters. The molecule has 0 spiro atoms. The minimum absolute atomic E-state index is 0.577.